The summed E-state index contributed by atoms with van der Waals surface area (Å²) in [5.41, 5.74) is -0.0339. The lowest BCUT2D eigenvalue weighted by atomic mass is 10.1. The van der Waals surface area contributed by atoms with E-state index in [-0.39, 0.29) is 34.2 Å². The number of ether oxygens (including phenoxy) is 1. The van der Waals surface area contributed by atoms with Crippen molar-refractivity contribution in [3.8, 4) is 5.75 Å². The molecule has 0 spiro atoms. The fourth-order valence-electron chi connectivity index (χ4n) is 2.62. The first kappa shape index (κ1) is 24.8. The van der Waals surface area contributed by atoms with Gasteiger partial charge in [0.05, 0.1) is 11.5 Å². The Hall–Kier alpha value is -3.51. The second kappa shape index (κ2) is 10.2. The largest absolute Gasteiger partial charge is 0.492 e. The van der Waals surface area contributed by atoms with Gasteiger partial charge in [0.15, 0.2) is 0 Å². The smallest absolute Gasteiger partial charge is 0.270 e. The van der Waals surface area contributed by atoms with Crippen molar-refractivity contribution in [1.82, 2.24) is 9.62 Å². The molecule has 2 aromatic rings. The molecule has 2 N–H and O–H groups in total. The van der Waals surface area contributed by atoms with E-state index in [1.54, 1.807) is 6.92 Å². The lowest BCUT2D eigenvalue weighted by Crippen LogP contribution is -2.41. The van der Waals surface area contributed by atoms with Crippen molar-refractivity contribution in [3.63, 3.8) is 0 Å². The number of hydrogen-bond acceptors (Lipinski definition) is 7. The third kappa shape index (κ3) is 5.80. The molecular weight excluding hydrogens is 440 g/mol. The van der Waals surface area contributed by atoms with E-state index >= 15 is 0 Å². The Morgan fingerprint density at radius 2 is 1.88 bits per heavy atom. The SMILES string of the molecule is CCOc1ccc(NC(=O)[C@H](C)NC(=O)c2cccc([N+](=O)[O-])c2)cc1S(=O)(=O)N(C)C. The van der Waals surface area contributed by atoms with Crippen molar-refractivity contribution in [2.24, 2.45) is 0 Å². The van der Waals surface area contributed by atoms with E-state index in [4.69, 9.17) is 4.74 Å². The Kier molecular flexibility index (Phi) is 7.89. The van der Waals surface area contributed by atoms with Crippen LogP contribution in [0.25, 0.3) is 0 Å². The number of anilines is 1. The molecule has 0 aliphatic rings. The van der Waals surface area contributed by atoms with E-state index in [1.165, 1.54) is 57.4 Å². The van der Waals surface area contributed by atoms with E-state index in [0.717, 1.165) is 10.4 Å². The number of carbonyl (C=O) groups is 2. The highest BCUT2D eigenvalue weighted by Crippen LogP contribution is 2.29. The maximum absolute atomic E-state index is 12.6. The van der Waals surface area contributed by atoms with Gasteiger partial charge in [-0.05, 0) is 38.1 Å². The van der Waals surface area contributed by atoms with Crippen LogP contribution in [-0.4, -0.2) is 56.2 Å². The lowest BCUT2D eigenvalue weighted by Gasteiger charge is -2.18. The van der Waals surface area contributed by atoms with Gasteiger partial charge in [0.1, 0.15) is 16.7 Å². The van der Waals surface area contributed by atoms with Gasteiger partial charge in [-0.15, -0.1) is 0 Å². The zero-order valence-corrected chi connectivity index (χ0v) is 18.8. The Morgan fingerprint density at radius 1 is 1.19 bits per heavy atom. The molecule has 0 radical (unpaired) electrons. The number of nitrogens with zero attached hydrogens (tertiary/aromatic N) is 2. The minimum Gasteiger partial charge on any atom is -0.492 e. The van der Waals surface area contributed by atoms with Gasteiger partial charge in [-0.25, -0.2) is 12.7 Å². The number of hydrogen-bond donors (Lipinski definition) is 2. The van der Waals surface area contributed by atoms with Crippen LogP contribution in [0, 0.1) is 10.1 Å². The molecule has 0 aromatic heterocycles. The van der Waals surface area contributed by atoms with E-state index < -0.39 is 32.8 Å². The van der Waals surface area contributed by atoms with Crippen LogP contribution in [0.3, 0.4) is 0 Å². The number of nitrogens with one attached hydrogen (secondary N) is 2. The normalized spacial score (nSPS) is 12.2. The van der Waals surface area contributed by atoms with Gasteiger partial charge in [0, 0.05) is 37.5 Å². The minimum atomic E-state index is -3.84. The molecular formula is C20H24N4O7S. The number of benzene rings is 2. The Labute approximate surface area is 185 Å². The van der Waals surface area contributed by atoms with Gasteiger partial charge >= 0.3 is 0 Å². The summed E-state index contributed by atoms with van der Waals surface area (Å²) in [6.07, 6.45) is 0. The molecule has 11 nitrogen and oxygen atoms in total. The number of nitro groups is 1. The first-order valence-electron chi connectivity index (χ1n) is 9.53. The highest BCUT2D eigenvalue weighted by Gasteiger charge is 2.24. The lowest BCUT2D eigenvalue weighted by molar-refractivity contribution is -0.384. The molecule has 0 bridgehead atoms. The van der Waals surface area contributed by atoms with Gasteiger partial charge in [-0.1, -0.05) is 6.07 Å². The summed E-state index contributed by atoms with van der Waals surface area (Å²) in [5, 5.41) is 15.9. The zero-order chi connectivity index (χ0) is 24.1. The van der Waals surface area contributed by atoms with Gasteiger partial charge in [-0.3, -0.25) is 19.7 Å². The van der Waals surface area contributed by atoms with Crippen molar-refractivity contribution in [2.45, 2.75) is 24.8 Å². The number of non-ortho nitro benzene ring substituents is 1. The van der Waals surface area contributed by atoms with Crippen LogP contribution < -0.4 is 15.4 Å². The Morgan fingerprint density at radius 3 is 2.47 bits per heavy atom. The van der Waals surface area contributed by atoms with Crippen LogP contribution in [0.15, 0.2) is 47.4 Å². The molecule has 0 aliphatic carbocycles. The molecule has 0 fully saturated rings. The molecule has 2 rings (SSSR count). The summed E-state index contributed by atoms with van der Waals surface area (Å²) < 4.78 is 31.6. The molecule has 0 saturated carbocycles. The topological polar surface area (TPSA) is 148 Å². The molecule has 1 atom stereocenters. The van der Waals surface area contributed by atoms with Crippen molar-refractivity contribution in [1.29, 1.82) is 0 Å². The molecule has 0 aliphatic heterocycles. The maximum atomic E-state index is 12.6. The molecule has 172 valence electrons. The van der Waals surface area contributed by atoms with Gasteiger partial charge in [0.2, 0.25) is 15.9 Å². The standard InChI is InChI=1S/C20H24N4O7S/c1-5-31-17-10-9-15(12-18(17)32(29,30)23(3)4)22-19(25)13(2)21-20(26)14-7-6-8-16(11-14)24(27)28/h6-13H,5H2,1-4H3,(H,21,26)(H,22,25)/t13-/m0/s1. The number of sulfonamides is 1. The molecule has 0 unspecified atom stereocenters. The fourth-order valence-corrected chi connectivity index (χ4v) is 3.67. The molecule has 0 heterocycles. The summed E-state index contributed by atoms with van der Waals surface area (Å²) in [4.78, 5) is 35.0. The molecule has 2 amide bonds. The number of nitro benzene ring substituents is 1. The zero-order valence-electron chi connectivity index (χ0n) is 18.0. The third-order valence-corrected chi connectivity index (χ3v) is 6.17. The Balaban J connectivity index is 2.18. The minimum absolute atomic E-state index is 0.0271. The van der Waals surface area contributed by atoms with Crippen molar-refractivity contribution < 1.29 is 27.7 Å². The van der Waals surface area contributed by atoms with Crippen LogP contribution in [0.1, 0.15) is 24.2 Å². The predicted molar refractivity (Wildman–Crippen MR) is 117 cm³/mol. The predicted octanol–water partition coefficient (Wildman–Crippen LogP) is 2.00. The van der Waals surface area contributed by atoms with Crippen molar-refractivity contribution >= 4 is 33.2 Å². The number of amides is 2. The van der Waals surface area contributed by atoms with Gasteiger partial charge in [-0.2, -0.15) is 0 Å². The summed E-state index contributed by atoms with van der Waals surface area (Å²) in [7, 11) is -1.09. The van der Waals surface area contributed by atoms with Crippen LogP contribution >= 0.6 is 0 Å². The van der Waals surface area contributed by atoms with Crippen LogP contribution in [0.5, 0.6) is 5.75 Å². The molecule has 2 aromatic carbocycles. The summed E-state index contributed by atoms with van der Waals surface area (Å²) in [6.45, 7) is 3.40. The van der Waals surface area contributed by atoms with Crippen LogP contribution in [0.4, 0.5) is 11.4 Å². The quantitative estimate of drug-likeness (QED) is 0.426. The number of carbonyl (C=O) groups excluding carboxylic acids is 2. The second-order valence-electron chi connectivity index (χ2n) is 6.87. The summed E-state index contributed by atoms with van der Waals surface area (Å²) in [6, 6.07) is 8.27. The second-order valence-corrected chi connectivity index (χ2v) is 8.99. The number of rotatable bonds is 9. The molecule has 32 heavy (non-hydrogen) atoms. The van der Waals surface area contributed by atoms with Crippen molar-refractivity contribution in [2.75, 3.05) is 26.0 Å². The van der Waals surface area contributed by atoms with Gasteiger partial charge < -0.3 is 15.4 Å². The maximum Gasteiger partial charge on any atom is 0.270 e. The van der Waals surface area contributed by atoms with E-state index in [1.807, 2.05) is 0 Å². The highest BCUT2D eigenvalue weighted by molar-refractivity contribution is 7.89. The van der Waals surface area contributed by atoms with E-state index in [2.05, 4.69) is 10.6 Å². The summed E-state index contributed by atoms with van der Waals surface area (Å²) in [5.74, 6) is -1.13. The Bertz CT molecular complexity index is 1130. The average molecular weight is 465 g/mol. The molecule has 0 saturated heterocycles. The van der Waals surface area contributed by atoms with E-state index in [9.17, 15) is 28.1 Å². The summed E-state index contributed by atoms with van der Waals surface area (Å²) >= 11 is 0. The van der Waals surface area contributed by atoms with E-state index in [0.29, 0.717) is 0 Å². The monoisotopic (exact) mass is 464 g/mol. The third-order valence-electron chi connectivity index (χ3n) is 4.33. The fraction of sp³-hybridized carbons (Fsp3) is 0.300. The van der Waals surface area contributed by atoms with Gasteiger partial charge in [0.25, 0.3) is 11.6 Å². The first-order chi connectivity index (χ1) is 15.0. The van der Waals surface area contributed by atoms with Crippen molar-refractivity contribution in [3.05, 3.63) is 58.1 Å². The highest BCUT2D eigenvalue weighted by atomic mass is 32.2. The van der Waals surface area contributed by atoms with Crippen LogP contribution in [0.2, 0.25) is 0 Å². The van der Waals surface area contributed by atoms with Crippen LogP contribution in [-0.2, 0) is 14.8 Å². The first-order valence-corrected chi connectivity index (χ1v) is 11.0. The molecule has 12 heteroatoms. The average Bonchev–Trinajstić information content (AvgIpc) is 2.74.